The van der Waals surface area contributed by atoms with Gasteiger partial charge in [-0.3, -0.25) is 14.9 Å². The lowest BCUT2D eigenvalue weighted by Crippen LogP contribution is -2.26. The van der Waals surface area contributed by atoms with Crippen LogP contribution >= 0.6 is 22.9 Å². The maximum atomic E-state index is 14.4. The Morgan fingerprint density at radius 3 is 2.50 bits per heavy atom. The normalized spacial score (nSPS) is 14.4. The number of hydrogen-bond acceptors (Lipinski definition) is 8. The monoisotopic (exact) mass is 582 g/mol. The number of nitrogens with zero attached hydrogens (tertiary/aromatic N) is 1. The highest BCUT2D eigenvalue weighted by Gasteiger charge is 2.28. The van der Waals surface area contributed by atoms with Gasteiger partial charge in [-0.15, -0.1) is 0 Å². The largest absolute Gasteiger partial charge is 0.473 e. The van der Waals surface area contributed by atoms with Gasteiger partial charge in [0.25, 0.3) is 11.8 Å². The summed E-state index contributed by atoms with van der Waals surface area (Å²) < 4.78 is 64.3. The van der Waals surface area contributed by atoms with Gasteiger partial charge >= 0.3 is 5.97 Å². The number of ether oxygens (including phenoxy) is 2. The molecule has 0 aliphatic heterocycles. The number of aromatic nitrogens is 1. The Kier molecular flexibility index (Phi) is 8.44. The maximum Gasteiger partial charge on any atom is 0.309 e. The number of anilines is 1. The average molecular weight is 583 g/mol. The van der Waals surface area contributed by atoms with Crippen LogP contribution in [0.25, 0.3) is 0 Å². The Bertz CT molecular complexity index is 1510. The van der Waals surface area contributed by atoms with Crippen molar-refractivity contribution in [2.75, 3.05) is 5.32 Å². The third kappa shape index (κ3) is 6.37. The van der Waals surface area contributed by atoms with Crippen LogP contribution < -0.4 is 14.8 Å². The smallest absolute Gasteiger partial charge is 0.309 e. The number of esters is 1. The van der Waals surface area contributed by atoms with Crippen LogP contribution in [0.15, 0.2) is 58.3 Å². The van der Waals surface area contributed by atoms with Crippen LogP contribution in [0.4, 0.5) is 13.9 Å². The molecule has 1 aromatic heterocycles. The first-order valence-electron chi connectivity index (χ1n) is 11.4. The van der Waals surface area contributed by atoms with Gasteiger partial charge in [-0.05, 0) is 49.9 Å². The zero-order valence-corrected chi connectivity index (χ0v) is 22.3. The predicted octanol–water partition coefficient (Wildman–Crippen LogP) is 5.99. The van der Waals surface area contributed by atoms with E-state index in [-0.39, 0.29) is 25.8 Å². The quantitative estimate of drug-likeness (QED) is 0.325. The minimum absolute atomic E-state index is 0.00382. The van der Waals surface area contributed by atoms with Crippen LogP contribution in [0.1, 0.15) is 44.3 Å². The molecule has 1 amide bonds. The number of carbonyl (C=O) groups excluding carboxylic acids is 2. The second-order valence-corrected chi connectivity index (χ2v) is 11.8. The van der Waals surface area contributed by atoms with Crippen molar-refractivity contribution in [2.45, 2.75) is 43.6 Å². The molecule has 38 heavy (non-hydrogen) atoms. The summed E-state index contributed by atoms with van der Waals surface area (Å²) in [5.74, 6) is -3.97. The highest BCUT2D eigenvalue weighted by atomic mass is 35.5. The SMILES string of the molecule is CC(=O)Oc1nc(NC(=O)C(Oc2ccc(F)cc2F)c2ccc(S(=O)(=O)C3=CCCCC3)cc2)sc1Cl. The number of hydrogen-bond donors (Lipinski definition) is 1. The fourth-order valence-corrected chi connectivity index (χ4v) is 6.18. The molecule has 1 atom stereocenters. The van der Waals surface area contributed by atoms with Gasteiger partial charge < -0.3 is 9.47 Å². The number of benzene rings is 2. The van der Waals surface area contributed by atoms with Crippen LogP contribution in [0, 0.1) is 11.6 Å². The second kappa shape index (κ2) is 11.6. The zero-order valence-electron chi connectivity index (χ0n) is 19.9. The molecule has 1 N–H and O–H groups in total. The van der Waals surface area contributed by atoms with Crippen molar-refractivity contribution < 1.29 is 36.3 Å². The standard InChI is InChI=1S/C25H21ClF2N2O6S2/c1-14(31)35-24-22(26)37-25(30-24)29-23(32)21(36-20-12-9-16(27)13-19(20)28)15-7-10-18(11-8-15)38(33,34)17-5-3-2-4-6-17/h5,7-13,21H,2-4,6H2,1H3,(H,29,30,32). The Labute approximate surface area is 226 Å². The van der Waals surface area contributed by atoms with Crippen LogP contribution in [-0.4, -0.2) is 25.3 Å². The number of allylic oxidation sites excluding steroid dienone is 2. The van der Waals surface area contributed by atoms with Crippen molar-refractivity contribution in [3.8, 4) is 11.6 Å². The minimum Gasteiger partial charge on any atom is -0.473 e. The molecule has 1 aliphatic rings. The molecule has 4 rings (SSSR count). The number of thiazole rings is 1. The summed E-state index contributed by atoms with van der Waals surface area (Å²) in [5, 5.41) is 2.43. The van der Waals surface area contributed by atoms with Gasteiger partial charge in [0.15, 0.2) is 21.0 Å². The first-order chi connectivity index (χ1) is 18.0. The van der Waals surface area contributed by atoms with Gasteiger partial charge in [-0.25, -0.2) is 17.2 Å². The number of rotatable bonds is 8. The maximum absolute atomic E-state index is 14.4. The molecular weight excluding hydrogens is 562 g/mol. The molecule has 1 heterocycles. The van der Waals surface area contributed by atoms with E-state index >= 15 is 0 Å². The molecule has 0 spiro atoms. The lowest BCUT2D eigenvalue weighted by Gasteiger charge is -2.19. The molecule has 2 aromatic carbocycles. The van der Waals surface area contributed by atoms with E-state index in [2.05, 4.69) is 10.3 Å². The van der Waals surface area contributed by atoms with E-state index in [1.807, 2.05) is 0 Å². The van der Waals surface area contributed by atoms with Gasteiger partial charge in [0.1, 0.15) is 5.82 Å². The summed E-state index contributed by atoms with van der Waals surface area (Å²) in [7, 11) is -3.70. The van der Waals surface area contributed by atoms with Crippen LogP contribution in [-0.2, 0) is 19.4 Å². The molecule has 1 unspecified atom stereocenters. The van der Waals surface area contributed by atoms with E-state index in [1.165, 1.54) is 24.3 Å². The summed E-state index contributed by atoms with van der Waals surface area (Å²) in [6, 6.07) is 8.02. The predicted molar refractivity (Wildman–Crippen MR) is 137 cm³/mol. The molecule has 0 radical (unpaired) electrons. The molecule has 0 bridgehead atoms. The van der Waals surface area contributed by atoms with E-state index in [4.69, 9.17) is 21.1 Å². The van der Waals surface area contributed by atoms with Gasteiger partial charge in [0.2, 0.25) is 15.9 Å². The van der Waals surface area contributed by atoms with Crippen LogP contribution in [0.3, 0.4) is 0 Å². The molecule has 0 saturated heterocycles. The molecule has 1 aliphatic carbocycles. The molecule has 0 fully saturated rings. The Morgan fingerprint density at radius 1 is 1.13 bits per heavy atom. The summed E-state index contributed by atoms with van der Waals surface area (Å²) >= 11 is 6.82. The first-order valence-corrected chi connectivity index (χ1v) is 14.0. The van der Waals surface area contributed by atoms with E-state index in [0.717, 1.165) is 43.2 Å². The Morgan fingerprint density at radius 2 is 1.87 bits per heavy atom. The second-order valence-electron chi connectivity index (χ2n) is 8.24. The van der Waals surface area contributed by atoms with E-state index in [0.29, 0.717) is 23.8 Å². The Balaban J connectivity index is 1.64. The fraction of sp³-hybridized carbons (Fsp3) is 0.240. The van der Waals surface area contributed by atoms with Crippen LogP contribution in [0.5, 0.6) is 11.6 Å². The fourth-order valence-electron chi connectivity index (χ4n) is 3.71. The minimum atomic E-state index is -3.70. The van der Waals surface area contributed by atoms with Gasteiger partial charge in [-0.1, -0.05) is 41.1 Å². The molecule has 8 nitrogen and oxygen atoms in total. The number of sulfone groups is 1. The van der Waals surface area contributed by atoms with Crippen molar-refractivity contribution in [3.05, 3.63) is 75.0 Å². The number of halogens is 3. The van der Waals surface area contributed by atoms with Crippen molar-refractivity contribution in [1.29, 1.82) is 0 Å². The molecule has 200 valence electrons. The number of amides is 1. The van der Waals surface area contributed by atoms with Gasteiger partial charge in [0, 0.05) is 23.5 Å². The summed E-state index contributed by atoms with van der Waals surface area (Å²) in [6.07, 6.45) is 3.06. The van der Waals surface area contributed by atoms with Gasteiger partial charge in [-0.2, -0.15) is 4.98 Å². The van der Waals surface area contributed by atoms with Crippen molar-refractivity contribution in [3.63, 3.8) is 0 Å². The van der Waals surface area contributed by atoms with Crippen LogP contribution in [0.2, 0.25) is 4.34 Å². The Hall–Kier alpha value is -3.35. The molecule has 3 aromatic rings. The topological polar surface area (TPSA) is 112 Å². The molecule has 0 saturated carbocycles. The van der Waals surface area contributed by atoms with Crippen molar-refractivity contribution in [1.82, 2.24) is 4.98 Å². The number of carbonyl (C=O) groups is 2. The van der Waals surface area contributed by atoms with E-state index in [9.17, 15) is 26.8 Å². The first kappa shape index (κ1) is 27.7. The highest BCUT2D eigenvalue weighted by Crippen LogP contribution is 2.35. The lowest BCUT2D eigenvalue weighted by molar-refractivity contribution is -0.132. The third-order valence-corrected chi connectivity index (χ3v) is 8.58. The number of nitrogens with one attached hydrogen (secondary N) is 1. The highest BCUT2D eigenvalue weighted by molar-refractivity contribution is 7.95. The van der Waals surface area contributed by atoms with Crippen molar-refractivity contribution >= 4 is 49.8 Å². The van der Waals surface area contributed by atoms with Gasteiger partial charge in [0.05, 0.1) is 4.90 Å². The third-order valence-electron chi connectivity index (χ3n) is 5.49. The van der Waals surface area contributed by atoms with E-state index in [1.54, 1.807) is 6.08 Å². The molecular formula is C25H21ClF2N2O6S2. The molecule has 13 heteroatoms. The summed E-state index contributed by atoms with van der Waals surface area (Å²) in [5.41, 5.74) is 0.186. The average Bonchev–Trinajstić information content (AvgIpc) is 3.21. The summed E-state index contributed by atoms with van der Waals surface area (Å²) in [6.45, 7) is 1.16. The van der Waals surface area contributed by atoms with E-state index < -0.39 is 45.2 Å². The van der Waals surface area contributed by atoms with Crippen molar-refractivity contribution in [2.24, 2.45) is 0 Å². The zero-order chi connectivity index (χ0) is 27.4. The lowest BCUT2D eigenvalue weighted by atomic mass is 10.1. The summed E-state index contributed by atoms with van der Waals surface area (Å²) in [4.78, 5) is 28.8.